The van der Waals surface area contributed by atoms with Gasteiger partial charge in [0.1, 0.15) is 11.6 Å². The summed E-state index contributed by atoms with van der Waals surface area (Å²) in [7, 11) is 4.06. The second kappa shape index (κ2) is 8.43. The molecule has 0 saturated heterocycles. The van der Waals surface area contributed by atoms with E-state index in [2.05, 4.69) is 25.5 Å². The van der Waals surface area contributed by atoms with E-state index >= 15 is 0 Å². The maximum atomic E-state index is 12.9. The molecular weight excluding hydrogens is 293 g/mol. The Morgan fingerprint density at radius 3 is 2.48 bits per heavy atom. The molecule has 0 spiro atoms. The lowest BCUT2D eigenvalue weighted by molar-refractivity contribution is 0.425. The predicted octanol–water partition coefficient (Wildman–Crippen LogP) is 2.55. The molecule has 124 valence electrons. The smallest absolute Gasteiger partial charge is 0.224 e. The Morgan fingerprint density at radius 2 is 1.78 bits per heavy atom. The number of rotatable bonds is 8. The summed E-state index contributed by atoms with van der Waals surface area (Å²) in [4.78, 5) is 10.9. The number of benzene rings is 1. The van der Waals surface area contributed by atoms with Gasteiger partial charge in [0.25, 0.3) is 0 Å². The van der Waals surface area contributed by atoms with Crippen LogP contribution < -0.4 is 10.6 Å². The standard InChI is InChI=1S/C17H24FN5/c1-13-12-16(22-17(21-13)20-10-11-23(2)3)19-9-8-14-4-6-15(18)7-5-14/h4-7,12H,8-11H2,1-3H3,(H2,19,20,21,22). The Morgan fingerprint density at radius 1 is 1.04 bits per heavy atom. The third-order valence-electron chi connectivity index (χ3n) is 3.33. The molecule has 1 heterocycles. The fourth-order valence-corrected chi connectivity index (χ4v) is 2.12. The molecule has 0 unspecified atom stereocenters. The molecule has 2 aromatic rings. The van der Waals surface area contributed by atoms with Crippen molar-refractivity contribution < 1.29 is 4.39 Å². The number of halogens is 1. The van der Waals surface area contributed by atoms with E-state index in [1.165, 1.54) is 12.1 Å². The van der Waals surface area contributed by atoms with Gasteiger partial charge in [0.15, 0.2) is 0 Å². The van der Waals surface area contributed by atoms with Crippen molar-refractivity contribution in [1.29, 1.82) is 0 Å². The molecule has 0 aliphatic heterocycles. The molecule has 0 atom stereocenters. The van der Waals surface area contributed by atoms with E-state index < -0.39 is 0 Å². The highest BCUT2D eigenvalue weighted by Gasteiger charge is 2.02. The van der Waals surface area contributed by atoms with Gasteiger partial charge in [-0.2, -0.15) is 4.98 Å². The molecule has 0 saturated carbocycles. The Kier molecular flexibility index (Phi) is 6.29. The molecule has 6 heteroatoms. The fourth-order valence-electron chi connectivity index (χ4n) is 2.12. The molecule has 0 aliphatic rings. The third kappa shape index (κ3) is 6.20. The summed E-state index contributed by atoms with van der Waals surface area (Å²) < 4.78 is 12.9. The summed E-state index contributed by atoms with van der Waals surface area (Å²) in [5.41, 5.74) is 2.01. The summed E-state index contributed by atoms with van der Waals surface area (Å²) in [6.07, 6.45) is 0.812. The van der Waals surface area contributed by atoms with Gasteiger partial charge < -0.3 is 15.5 Å². The van der Waals surface area contributed by atoms with E-state index in [1.807, 2.05) is 27.1 Å². The van der Waals surface area contributed by atoms with Gasteiger partial charge in [-0.1, -0.05) is 12.1 Å². The van der Waals surface area contributed by atoms with Crippen molar-refractivity contribution in [3.8, 4) is 0 Å². The summed E-state index contributed by atoms with van der Waals surface area (Å²) >= 11 is 0. The fraction of sp³-hybridized carbons (Fsp3) is 0.412. The van der Waals surface area contributed by atoms with Crippen molar-refractivity contribution in [2.75, 3.05) is 44.4 Å². The maximum absolute atomic E-state index is 12.9. The van der Waals surface area contributed by atoms with Crippen LogP contribution >= 0.6 is 0 Å². The number of nitrogens with zero attached hydrogens (tertiary/aromatic N) is 3. The van der Waals surface area contributed by atoms with Crippen LogP contribution in [0.25, 0.3) is 0 Å². The van der Waals surface area contributed by atoms with Crippen molar-refractivity contribution >= 4 is 11.8 Å². The zero-order valence-corrected chi connectivity index (χ0v) is 13.9. The quantitative estimate of drug-likeness (QED) is 0.784. The van der Waals surface area contributed by atoms with E-state index in [9.17, 15) is 4.39 Å². The largest absolute Gasteiger partial charge is 0.370 e. The molecule has 5 nitrogen and oxygen atoms in total. The van der Waals surface area contributed by atoms with Crippen molar-refractivity contribution in [2.45, 2.75) is 13.3 Å². The number of hydrogen-bond donors (Lipinski definition) is 2. The Bertz CT molecular complexity index is 613. The number of hydrogen-bond acceptors (Lipinski definition) is 5. The van der Waals surface area contributed by atoms with Gasteiger partial charge in [-0.05, 0) is 45.1 Å². The zero-order valence-electron chi connectivity index (χ0n) is 13.9. The van der Waals surface area contributed by atoms with Crippen LogP contribution in [0.3, 0.4) is 0 Å². The molecular formula is C17H24FN5. The molecule has 2 rings (SSSR count). The van der Waals surface area contributed by atoms with E-state index in [1.54, 1.807) is 12.1 Å². The third-order valence-corrected chi connectivity index (χ3v) is 3.33. The summed E-state index contributed by atoms with van der Waals surface area (Å²) in [6.45, 7) is 4.40. The van der Waals surface area contributed by atoms with Crippen LogP contribution in [0.2, 0.25) is 0 Å². The average Bonchev–Trinajstić information content (AvgIpc) is 2.48. The minimum absolute atomic E-state index is 0.207. The Labute approximate surface area is 137 Å². The summed E-state index contributed by atoms with van der Waals surface area (Å²) in [5.74, 6) is 1.23. The Balaban J connectivity index is 1.86. The molecule has 0 aliphatic carbocycles. The van der Waals surface area contributed by atoms with Crippen LogP contribution in [0.1, 0.15) is 11.3 Å². The first kappa shape index (κ1) is 17.1. The SMILES string of the molecule is Cc1cc(NCCc2ccc(F)cc2)nc(NCCN(C)C)n1. The van der Waals surface area contributed by atoms with Crippen molar-refractivity contribution in [3.63, 3.8) is 0 Å². The zero-order chi connectivity index (χ0) is 16.7. The Hall–Kier alpha value is -2.21. The van der Waals surface area contributed by atoms with Crippen LogP contribution in [0, 0.1) is 12.7 Å². The molecule has 2 N–H and O–H groups in total. The van der Waals surface area contributed by atoms with Gasteiger partial charge in [-0.25, -0.2) is 9.37 Å². The normalized spacial score (nSPS) is 10.8. The van der Waals surface area contributed by atoms with Crippen LogP contribution in [0.5, 0.6) is 0 Å². The summed E-state index contributed by atoms with van der Waals surface area (Å²) in [6, 6.07) is 8.49. The maximum Gasteiger partial charge on any atom is 0.224 e. The number of likely N-dealkylation sites (N-methyl/N-ethyl adjacent to an activating group) is 1. The van der Waals surface area contributed by atoms with Crippen molar-refractivity contribution in [2.24, 2.45) is 0 Å². The van der Waals surface area contributed by atoms with Crippen LogP contribution in [0.15, 0.2) is 30.3 Å². The monoisotopic (exact) mass is 317 g/mol. The lowest BCUT2D eigenvalue weighted by Crippen LogP contribution is -2.21. The molecule has 0 bridgehead atoms. The van der Waals surface area contributed by atoms with Gasteiger partial charge in [-0.3, -0.25) is 0 Å². The first-order valence-corrected chi connectivity index (χ1v) is 7.75. The number of aryl methyl sites for hydroxylation is 1. The van der Waals surface area contributed by atoms with E-state index in [-0.39, 0.29) is 5.82 Å². The second-order valence-electron chi connectivity index (χ2n) is 5.75. The molecule has 0 amide bonds. The number of aromatic nitrogens is 2. The highest BCUT2D eigenvalue weighted by atomic mass is 19.1. The van der Waals surface area contributed by atoms with Crippen LogP contribution in [-0.2, 0) is 6.42 Å². The number of nitrogens with one attached hydrogen (secondary N) is 2. The first-order valence-electron chi connectivity index (χ1n) is 7.75. The van der Waals surface area contributed by atoms with Crippen molar-refractivity contribution in [3.05, 3.63) is 47.4 Å². The van der Waals surface area contributed by atoms with Crippen LogP contribution in [0.4, 0.5) is 16.2 Å². The van der Waals surface area contributed by atoms with Crippen LogP contribution in [-0.4, -0.2) is 48.6 Å². The molecule has 1 aromatic carbocycles. The van der Waals surface area contributed by atoms with E-state index in [4.69, 9.17) is 0 Å². The second-order valence-corrected chi connectivity index (χ2v) is 5.75. The van der Waals surface area contributed by atoms with Crippen molar-refractivity contribution in [1.82, 2.24) is 14.9 Å². The van der Waals surface area contributed by atoms with Gasteiger partial charge in [0.05, 0.1) is 0 Å². The lowest BCUT2D eigenvalue weighted by Gasteiger charge is -2.12. The van der Waals surface area contributed by atoms with E-state index in [0.717, 1.165) is 43.1 Å². The van der Waals surface area contributed by atoms with Gasteiger partial charge in [-0.15, -0.1) is 0 Å². The van der Waals surface area contributed by atoms with Gasteiger partial charge in [0.2, 0.25) is 5.95 Å². The number of anilines is 2. The molecule has 1 aromatic heterocycles. The topological polar surface area (TPSA) is 53.1 Å². The first-order chi connectivity index (χ1) is 11.0. The van der Waals surface area contributed by atoms with Gasteiger partial charge >= 0.3 is 0 Å². The summed E-state index contributed by atoms with van der Waals surface area (Å²) in [5, 5.41) is 6.52. The minimum atomic E-state index is -0.207. The lowest BCUT2D eigenvalue weighted by atomic mass is 10.1. The molecule has 23 heavy (non-hydrogen) atoms. The highest BCUT2D eigenvalue weighted by molar-refractivity contribution is 5.42. The predicted molar refractivity (Wildman–Crippen MR) is 92.4 cm³/mol. The minimum Gasteiger partial charge on any atom is -0.370 e. The highest BCUT2D eigenvalue weighted by Crippen LogP contribution is 2.10. The average molecular weight is 317 g/mol. The van der Waals surface area contributed by atoms with E-state index in [0.29, 0.717) is 5.95 Å². The molecule has 0 radical (unpaired) electrons. The molecule has 0 fully saturated rings. The van der Waals surface area contributed by atoms with Gasteiger partial charge in [0, 0.05) is 31.4 Å².